The molecule has 0 N–H and O–H groups in total. The first-order chi connectivity index (χ1) is 8.72. The summed E-state index contributed by atoms with van der Waals surface area (Å²) in [7, 11) is 0. The summed E-state index contributed by atoms with van der Waals surface area (Å²) in [6.07, 6.45) is -2.91. The molecule has 19 heavy (non-hydrogen) atoms. The Morgan fingerprint density at radius 1 is 1.47 bits per heavy atom. The summed E-state index contributed by atoms with van der Waals surface area (Å²) in [6.45, 7) is 3.28. The summed E-state index contributed by atoms with van der Waals surface area (Å²) in [5.41, 5.74) is -0.987. The van der Waals surface area contributed by atoms with Crippen LogP contribution in [-0.4, -0.2) is 30.1 Å². The maximum atomic E-state index is 12.9. The lowest BCUT2D eigenvalue weighted by molar-refractivity contribution is -0.214. The summed E-state index contributed by atoms with van der Waals surface area (Å²) in [5, 5.41) is 0. The Morgan fingerprint density at radius 3 is 2.63 bits per heavy atom. The number of nitrogens with zero attached hydrogens (tertiary/aromatic N) is 1. The number of likely N-dealkylation sites (tertiary alicyclic amines) is 1. The first-order valence-electron chi connectivity index (χ1n) is 6.11. The first kappa shape index (κ1) is 14.0. The van der Waals surface area contributed by atoms with E-state index in [9.17, 15) is 18.0 Å². The van der Waals surface area contributed by atoms with Crippen LogP contribution in [0.1, 0.15) is 30.8 Å². The normalized spacial score (nSPS) is 23.4. The van der Waals surface area contributed by atoms with E-state index in [-0.39, 0.29) is 31.2 Å². The topological polar surface area (TPSA) is 33.5 Å². The van der Waals surface area contributed by atoms with E-state index in [1.807, 2.05) is 0 Å². The third kappa shape index (κ3) is 2.77. The summed E-state index contributed by atoms with van der Waals surface area (Å²) in [4.78, 5) is 13.5. The van der Waals surface area contributed by atoms with Gasteiger partial charge in [0.05, 0.1) is 12.2 Å². The molecule has 6 heteroatoms. The zero-order chi connectivity index (χ0) is 14.3. The zero-order valence-electron chi connectivity index (χ0n) is 10.8. The van der Waals surface area contributed by atoms with Crippen LogP contribution in [0.4, 0.5) is 13.2 Å². The standard InChI is InChI=1S/C13H16F3NO2/c1-12(2)8-17(6-5-10(12)13(14,15)16)11(18)9-4-3-7-19-9/h3-4,7,10H,5-6,8H2,1-2H3/t10-/m0/s1. The van der Waals surface area contributed by atoms with Gasteiger partial charge in [0.15, 0.2) is 5.76 Å². The summed E-state index contributed by atoms with van der Waals surface area (Å²) < 4.78 is 43.7. The molecule has 1 atom stereocenters. The van der Waals surface area contributed by atoms with E-state index >= 15 is 0 Å². The molecular weight excluding hydrogens is 259 g/mol. The molecule has 0 saturated carbocycles. The number of hydrogen-bond donors (Lipinski definition) is 0. The largest absolute Gasteiger partial charge is 0.459 e. The van der Waals surface area contributed by atoms with Gasteiger partial charge in [-0.1, -0.05) is 13.8 Å². The molecule has 0 spiro atoms. The number of piperidine rings is 1. The number of alkyl halides is 3. The third-order valence-electron chi connectivity index (χ3n) is 3.64. The molecule has 0 unspecified atom stereocenters. The maximum absolute atomic E-state index is 12.9. The molecule has 0 aromatic carbocycles. The van der Waals surface area contributed by atoms with Gasteiger partial charge in [0.2, 0.25) is 0 Å². The minimum absolute atomic E-state index is 0.0665. The molecule has 1 aliphatic rings. The fourth-order valence-electron chi connectivity index (χ4n) is 2.69. The maximum Gasteiger partial charge on any atom is 0.392 e. The van der Waals surface area contributed by atoms with Crippen LogP contribution in [-0.2, 0) is 0 Å². The number of amides is 1. The molecular formula is C13H16F3NO2. The van der Waals surface area contributed by atoms with Crippen molar-refractivity contribution in [3.05, 3.63) is 24.2 Å². The Kier molecular flexibility index (Phi) is 3.36. The van der Waals surface area contributed by atoms with Crippen molar-refractivity contribution in [1.29, 1.82) is 0 Å². The van der Waals surface area contributed by atoms with Crippen molar-refractivity contribution >= 4 is 5.91 Å². The molecule has 2 heterocycles. The molecule has 1 amide bonds. The minimum atomic E-state index is -4.22. The van der Waals surface area contributed by atoms with Crippen molar-refractivity contribution in [1.82, 2.24) is 4.90 Å². The zero-order valence-corrected chi connectivity index (χ0v) is 10.8. The highest BCUT2D eigenvalue weighted by molar-refractivity contribution is 5.91. The second-order valence-corrected chi connectivity index (χ2v) is 5.58. The van der Waals surface area contributed by atoms with Gasteiger partial charge in [-0.25, -0.2) is 0 Å². The lowest BCUT2D eigenvalue weighted by atomic mass is 9.73. The van der Waals surface area contributed by atoms with E-state index < -0.39 is 17.5 Å². The third-order valence-corrected chi connectivity index (χ3v) is 3.64. The average Bonchev–Trinajstić information content (AvgIpc) is 2.77. The van der Waals surface area contributed by atoms with Gasteiger partial charge in [-0.15, -0.1) is 0 Å². The van der Waals surface area contributed by atoms with Crippen LogP contribution in [0, 0.1) is 11.3 Å². The molecule has 106 valence electrons. The number of carbonyl (C=O) groups is 1. The molecule has 3 nitrogen and oxygen atoms in total. The molecule has 0 bridgehead atoms. The lowest BCUT2D eigenvalue weighted by Gasteiger charge is -2.44. The number of rotatable bonds is 1. The smallest absolute Gasteiger partial charge is 0.392 e. The van der Waals surface area contributed by atoms with E-state index in [0.717, 1.165) is 0 Å². The lowest BCUT2D eigenvalue weighted by Crippen LogP contribution is -2.52. The van der Waals surface area contributed by atoms with Crippen molar-refractivity contribution in [2.75, 3.05) is 13.1 Å². The number of hydrogen-bond acceptors (Lipinski definition) is 2. The second kappa shape index (κ2) is 4.58. The van der Waals surface area contributed by atoms with Crippen LogP contribution in [0.3, 0.4) is 0 Å². The minimum Gasteiger partial charge on any atom is -0.459 e. The van der Waals surface area contributed by atoms with Gasteiger partial charge in [-0.3, -0.25) is 4.79 Å². The van der Waals surface area contributed by atoms with Gasteiger partial charge in [-0.05, 0) is 24.0 Å². The van der Waals surface area contributed by atoms with E-state index in [0.29, 0.717) is 0 Å². The Bertz CT molecular complexity index is 451. The predicted molar refractivity (Wildman–Crippen MR) is 62.6 cm³/mol. The van der Waals surface area contributed by atoms with Gasteiger partial charge >= 0.3 is 6.18 Å². The van der Waals surface area contributed by atoms with Crippen LogP contribution in [0.2, 0.25) is 0 Å². The summed E-state index contributed by atoms with van der Waals surface area (Å²) >= 11 is 0. The molecule has 1 aromatic heterocycles. The SMILES string of the molecule is CC1(C)CN(C(=O)c2ccco2)CC[C@@H]1C(F)(F)F. The Morgan fingerprint density at radius 2 is 2.16 bits per heavy atom. The van der Waals surface area contributed by atoms with Crippen molar-refractivity contribution in [2.45, 2.75) is 26.4 Å². The van der Waals surface area contributed by atoms with E-state index in [1.54, 1.807) is 19.9 Å². The predicted octanol–water partition coefficient (Wildman–Crippen LogP) is 3.33. The highest BCUT2D eigenvalue weighted by atomic mass is 19.4. The number of halogens is 3. The van der Waals surface area contributed by atoms with Crippen LogP contribution >= 0.6 is 0 Å². The second-order valence-electron chi connectivity index (χ2n) is 5.58. The molecule has 1 aliphatic heterocycles. The molecule has 1 saturated heterocycles. The molecule has 1 fully saturated rings. The fourth-order valence-corrected chi connectivity index (χ4v) is 2.69. The molecule has 0 aliphatic carbocycles. The Labute approximate surface area is 109 Å². The number of furan rings is 1. The Hall–Kier alpha value is -1.46. The molecule has 1 aromatic rings. The van der Waals surface area contributed by atoms with Crippen LogP contribution in [0.25, 0.3) is 0 Å². The fraction of sp³-hybridized carbons (Fsp3) is 0.615. The van der Waals surface area contributed by atoms with Gasteiger partial charge in [-0.2, -0.15) is 13.2 Å². The summed E-state index contributed by atoms with van der Waals surface area (Å²) in [6, 6.07) is 3.10. The number of carbonyl (C=O) groups excluding carboxylic acids is 1. The van der Waals surface area contributed by atoms with Gasteiger partial charge in [0.1, 0.15) is 0 Å². The van der Waals surface area contributed by atoms with Gasteiger partial charge in [0.25, 0.3) is 5.91 Å². The van der Waals surface area contributed by atoms with Gasteiger partial charge in [0, 0.05) is 13.1 Å². The Balaban J connectivity index is 2.12. The van der Waals surface area contributed by atoms with Crippen molar-refractivity contribution in [3.63, 3.8) is 0 Å². The van der Waals surface area contributed by atoms with Crippen molar-refractivity contribution in [2.24, 2.45) is 11.3 Å². The van der Waals surface area contributed by atoms with E-state index in [1.165, 1.54) is 17.2 Å². The average molecular weight is 275 g/mol. The van der Waals surface area contributed by atoms with Crippen molar-refractivity contribution in [3.8, 4) is 0 Å². The van der Waals surface area contributed by atoms with Crippen LogP contribution in [0.5, 0.6) is 0 Å². The molecule has 2 rings (SSSR count). The molecule has 0 radical (unpaired) electrons. The quantitative estimate of drug-likeness (QED) is 0.787. The monoisotopic (exact) mass is 275 g/mol. The highest BCUT2D eigenvalue weighted by Crippen LogP contribution is 2.45. The van der Waals surface area contributed by atoms with Crippen LogP contribution in [0.15, 0.2) is 22.8 Å². The van der Waals surface area contributed by atoms with Crippen LogP contribution < -0.4 is 0 Å². The summed E-state index contributed by atoms with van der Waals surface area (Å²) in [5.74, 6) is -1.55. The highest BCUT2D eigenvalue weighted by Gasteiger charge is 2.51. The first-order valence-corrected chi connectivity index (χ1v) is 6.11. The van der Waals surface area contributed by atoms with Crippen molar-refractivity contribution < 1.29 is 22.4 Å². The van der Waals surface area contributed by atoms with Gasteiger partial charge < -0.3 is 9.32 Å². The van der Waals surface area contributed by atoms with E-state index in [2.05, 4.69) is 0 Å². The van der Waals surface area contributed by atoms with E-state index in [4.69, 9.17) is 4.42 Å².